The molecule has 2 N–H and O–H groups in total. The van der Waals surface area contributed by atoms with Crippen molar-refractivity contribution in [3.63, 3.8) is 0 Å². The van der Waals surface area contributed by atoms with E-state index >= 15 is 0 Å². The first-order valence-electron chi connectivity index (χ1n) is 3.83. The predicted octanol–water partition coefficient (Wildman–Crippen LogP) is -0.313. The molecule has 0 bridgehead atoms. The summed E-state index contributed by atoms with van der Waals surface area (Å²) in [7, 11) is -1.42. The molecule has 1 aromatic rings. The van der Waals surface area contributed by atoms with Gasteiger partial charge in [-0.1, -0.05) is 0 Å². The van der Waals surface area contributed by atoms with E-state index in [9.17, 15) is 0 Å². The molecule has 0 atom stereocenters. The van der Waals surface area contributed by atoms with Crippen LogP contribution >= 0.6 is 0 Å². The van der Waals surface area contributed by atoms with E-state index in [1.807, 2.05) is 19.9 Å². The van der Waals surface area contributed by atoms with E-state index in [1.165, 1.54) is 0 Å². The van der Waals surface area contributed by atoms with Crippen LogP contribution in [0.25, 0.3) is 0 Å². The molecule has 0 fully saturated rings. The summed E-state index contributed by atoms with van der Waals surface area (Å²) in [6.07, 6.45) is 0. The fourth-order valence-electron chi connectivity index (χ4n) is 1.42. The zero-order chi connectivity index (χ0) is 9.30. The molecule has 3 nitrogen and oxygen atoms in total. The van der Waals surface area contributed by atoms with Crippen molar-refractivity contribution in [3.05, 3.63) is 23.0 Å². The molecule has 1 heterocycles. The summed E-state index contributed by atoms with van der Waals surface area (Å²) in [4.78, 5) is 4.14. The Hall–Kier alpha value is -0.865. The number of pyridine rings is 1. The SMILES string of the molecule is Cc1cc(C)c(B(O)O)c(C)n1. The van der Waals surface area contributed by atoms with Crippen molar-refractivity contribution >= 4 is 12.6 Å². The third-order valence-electron chi connectivity index (χ3n) is 1.84. The summed E-state index contributed by atoms with van der Waals surface area (Å²) in [6, 6.07) is 1.84. The molecule has 64 valence electrons. The highest BCUT2D eigenvalue weighted by Gasteiger charge is 2.17. The van der Waals surface area contributed by atoms with Crippen LogP contribution in [-0.2, 0) is 0 Å². The Bertz CT molecular complexity index is 276. The standard InChI is InChI=1S/C8H12BNO2/c1-5-4-6(2)10-7(3)8(5)9(11)12/h4,11-12H,1-3H3. The Morgan fingerprint density at radius 2 is 1.83 bits per heavy atom. The third kappa shape index (κ3) is 1.65. The Balaban J connectivity index is 3.28. The minimum atomic E-state index is -1.42. The van der Waals surface area contributed by atoms with Gasteiger partial charge in [0.15, 0.2) is 0 Å². The average molecular weight is 165 g/mol. The molecule has 0 saturated carbocycles. The molecule has 0 spiro atoms. The maximum Gasteiger partial charge on any atom is 0.490 e. The summed E-state index contributed by atoms with van der Waals surface area (Å²) >= 11 is 0. The molecule has 0 amide bonds. The van der Waals surface area contributed by atoms with Crippen molar-refractivity contribution in [1.82, 2.24) is 4.98 Å². The van der Waals surface area contributed by atoms with Crippen molar-refractivity contribution < 1.29 is 10.0 Å². The Morgan fingerprint density at radius 3 is 2.25 bits per heavy atom. The quantitative estimate of drug-likeness (QED) is 0.561. The van der Waals surface area contributed by atoms with E-state index in [1.54, 1.807) is 6.92 Å². The maximum absolute atomic E-state index is 8.99. The highest BCUT2D eigenvalue weighted by Crippen LogP contribution is 2.01. The monoisotopic (exact) mass is 165 g/mol. The topological polar surface area (TPSA) is 53.4 Å². The van der Waals surface area contributed by atoms with Gasteiger partial charge >= 0.3 is 7.12 Å². The smallest absolute Gasteiger partial charge is 0.423 e. The van der Waals surface area contributed by atoms with Gasteiger partial charge in [0.2, 0.25) is 0 Å². The van der Waals surface area contributed by atoms with Crippen molar-refractivity contribution in [1.29, 1.82) is 0 Å². The van der Waals surface area contributed by atoms with Gasteiger partial charge < -0.3 is 10.0 Å². The minimum absolute atomic E-state index is 0.514. The molecule has 0 aliphatic rings. The largest absolute Gasteiger partial charge is 0.490 e. The lowest BCUT2D eigenvalue weighted by Crippen LogP contribution is -2.35. The van der Waals surface area contributed by atoms with Gasteiger partial charge in [0.05, 0.1) is 0 Å². The van der Waals surface area contributed by atoms with Gasteiger partial charge in [-0.3, -0.25) is 4.98 Å². The molecule has 4 heteroatoms. The number of hydrogen-bond donors (Lipinski definition) is 2. The Morgan fingerprint density at radius 1 is 1.25 bits per heavy atom. The molecule has 1 rings (SSSR count). The molecule has 0 aromatic carbocycles. The van der Waals surface area contributed by atoms with Crippen LogP contribution in [0, 0.1) is 20.8 Å². The van der Waals surface area contributed by atoms with Crippen LogP contribution in [0.15, 0.2) is 6.07 Å². The van der Waals surface area contributed by atoms with E-state index in [0.29, 0.717) is 11.2 Å². The van der Waals surface area contributed by atoms with Crippen LogP contribution in [-0.4, -0.2) is 22.2 Å². The van der Waals surface area contributed by atoms with Crippen LogP contribution < -0.4 is 5.46 Å². The summed E-state index contributed by atoms with van der Waals surface area (Å²) in [5.74, 6) is 0. The normalized spacial score (nSPS) is 10.1. The number of hydrogen-bond acceptors (Lipinski definition) is 3. The number of rotatable bonds is 1. The lowest BCUT2D eigenvalue weighted by molar-refractivity contribution is 0.425. The Labute approximate surface area is 72.2 Å². The summed E-state index contributed by atoms with van der Waals surface area (Å²) < 4.78 is 0. The van der Waals surface area contributed by atoms with Crippen molar-refractivity contribution in [3.8, 4) is 0 Å². The van der Waals surface area contributed by atoms with E-state index in [0.717, 1.165) is 11.3 Å². The van der Waals surface area contributed by atoms with Gasteiger partial charge in [0.25, 0.3) is 0 Å². The van der Waals surface area contributed by atoms with Gasteiger partial charge in [-0.15, -0.1) is 0 Å². The Kier molecular flexibility index (Phi) is 2.50. The summed E-state index contributed by atoms with van der Waals surface area (Å²) in [6.45, 7) is 5.50. The zero-order valence-corrected chi connectivity index (χ0v) is 7.50. The fourth-order valence-corrected chi connectivity index (χ4v) is 1.42. The molecule has 0 radical (unpaired) electrons. The van der Waals surface area contributed by atoms with Crippen LogP contribution in [0.1, 0.15) is 17.0 Å². The molecule has 1 aromatic heterocycles. The van der Waals surface area contributed by atoms with Gasteiger partial charge in [-0.25, -0.2) is 0 Å². The predicted molar refractivity (Wildman–Crippen MR) is 48.3 cm³/mol. The lowest BCUT2D eigenvalue weighted by Gasteiger charge is -2.08. The third-order valence-corrected chi connectivity index (χ3v) is 1.84. The number of aryl methyl sites for hydroxylation is 3. The van der Waals surface area contributed by atoms with E-state index in [2.05, 4.69) is 4.98 Å². The fraction of sp³-hybridized carbons (Fsp3) is 0.375. The molecule has 0 saturated heterocycles. The van der Waals surface area contributed by atoms with Crippen LogP contribution in [0.2, 0.25) is 0 Å². The second-order valence-corrected chi connectivity index (χ2v) is 2.95. The van der Waals surface area contributed by atoms with Crippen molar-refractivity contribution in [2.24, 2.45) is 0 Å². The summed E-state index contributed by atoms with van der Waals surface area (Å²) in [5.41, 5.74) is 2.97. The van der Waals surface area contributed by atoms with Gasteiger partial charge in [0.1, 0.15) is 0 Å². The lowest BCUT2D eigenvalue weighted by atomic mass is 9.76. The van der Waals surface area contributed by atoms with Crippen molar-refractivity contribution in [2.75, 3.05) is 0 Å². The van der Waals surface area contributed by atoms with Gasteiger partial charge in [0, 0.05) is 16.9 Å². The first-order valence-corrected chi connectivity index (χ1v) is 3.83. The van der Waals surface area contributed by atoms with E-state index < -0.39 is 7.12 Å². The average Bonchev–Trinajstić information content (AvgIpc) is 1.82. The zero-order valence-electron chi connectivity index (χ0n) is 7.50. The highest BCUT2D eigenvalue weighted by molar-refractivity contribution is 6.59. The first-order chi connectivity index (χ1) is 5.52. The number of aromatic nitrogens is 1. The van der Waals surface area contributed by atoms with Gasteiger partial charge in [-0.05, 0) is 32.4 Å². The molecule has 12 heavy (non-hydrogen) atoms. The molecular formula is C8H12BNO2. The highest BCUT2D eigenvalue weighted by atomic mass is 16.4. The summed E-state index contributed by atoms with van der Waals surface area (Å²) in [5, 5.41) is 18.0. The van der Waals surface area contributed by atoms with E-state index in [-0.39, 0.29) is 0 Å². The van der Waals surface area contributed by atoms with Gasteiger partial charge in [-0.2, -0.15) is 0 Å². The molecule has 0 unspecified atom stereocenters. The molecule has 0 aliphatic heterocycles. The maximum atomic E-state index is 8.99. The second-order valence-electron chi connectivity index (χ2n) is 2.95. The minimum Gasteiger partial charge on any atom is -0.423 e. The first kappa shape index (κ1) is 9.22. The molecule has 0 aliphatic carbocycles. The van der Waals surface area contributed by atoms with Crippen LogP contribution in [0.5, 0.6) is 0 Å². The van der Waals surface area contributed by atoms with Crippen LogP contribution in [0.3, 0.4) is 0 Å². The van der Waals surface area contributed by atoms with Crippen molar-refractivity contribution in [2.45, 2.75) is 20.8 Å². The van der Waals surface area contributed by atoms with Crippen LogP contribution in [0.4, 0.5) is 0 Å². The molecular weight excluding hydrogens is 153 g/mol. The number of nitrogens with zero attached hydrogens (tertiary/aromatic N) is 1. The van der Waals surface area contributed by atoms with E-state index in [4.69, 9.17) is 10.0 Å². The second kappa shape index (κ2) is 3.25.